The van der Waals surface area contributed by atoms with E-state index in [0.29, 0.717) is 5.75 Å². The summed E-state index contributed by atoms with van der Waals surface area (Å²) in [6.45, 7) is 23.6. The van der Waals surface area contributed by atoms with Crippen LogP contribution in [0, 0.1) is 5.92 Å². The Hall–Kier alpha value is -2.35. The van der Waals surface area contributed by atoms with Gasteiger partial charge in [-0.1, -0.05) is 64.3 Å². The molecule has 1 aromatic rings. The summed E-state index contributed by atoms with van der Waals surface area (Å²) >= 11 is 0. The van der Waals surface area contributed by atoms with Crippen LogP contribution >= 0.6 is 7.52 Å². The highest BCUT2D eigenvalue weighted by atomic mass is 31.2. The minimum atomic E-state index is -4.60. The summed E-state index contributed by atoms with van der Waals surface area (Å²) in [5.41, 5.74) is 2.91. The van der Waals surface area contributed by atoms with Crippen molar-refractivity contribution >= 4 is 27.5 Å². The molecular weight excluding hydrogens is 617 g/mol. The van der Waals surface area contributed by atoms with Crippen LogP contribution in [0.1, 0.15) is 118 Å². The van der Waals surface area contributed by atoms with Gasteiger partial charge in [0.15, 0.2) is 0 Å². The second kappa shape index (κ2) is 17.7. The molecule has 1 aliphatic carbocycles. The van der Waals surface area contributed by atoms with E-state index in [1.165, 1.54) is 17.2 Å². The molecule has 0 spiro atoms. The van der Waals surface area contributed by atoms with Crippen molar-refractivity contribution in [3.05, 3.63) is 47.1 Å². The third-order valence-electron chi connectivity index (χ3n) is 9.51. The lowest BCUT2D eigenvalue weighted by atomic mass is 9.73. The van der Waals surface area contributed by atoms with Gasteiger partial charge in [-0.25, -0.2) is 9.36 Å². The van der Waals surface area contributed by atoms with E-state index >= 15 is 4.57 Å². The molecule has 4 atom stereocenters. The molecule has 0 heterocycles. The number of allylic oxidation sites excluding steroid dienone is 3. The molecular formula is C36H60NO7PSi. The Bertz CT molecular complexity index is 1280. The largest absolute Gasteiger partial charge is 0.543 e. The maximum absolute atomic E-state index is 15.1. The third kappa shape index (κ3) is 9.38. The molecule has 0 saturated carbocycles. The van der Waals surface area contributed by atoms with Crippen molar-refractivity contribution in [3.8, 4) is 11.5 Å². The number of carboxylic acids is 1. The van der Waals surface area contributed by atoms with Gasteiger partial charge in [0.05, 0.1) is 6.61 Å². The van der Waals surface area contributed by atoms with Crippen LogP contribution in [0.15, 0.2) is 35.9 Å². The molecule has 0 fully saturated rings. The number of unbranched alkanes of at least 4 members (excludes halogenated alkanes) is 2. The second-order valence-corrected chi connectivity index (χ2v) is 19.9. The molecule has 1 aromatic carbocycles. The van der Waals surface area contributed by atoms with E-state index in [4.69, 9.17) is 13.7 Å². The molecule has 46 heavy (non-hydrogen) atoms. The first-order valence-electron chi connectivity index (χ1n) is 17.3. The molecule has 0 saturated heterocycles. The van der Waals surface area contributed by atoms with Crippen molar-refractivity contribution in [2.75, 3.05) is 6.61 Å². The van der Waals surface area contributed by atoms with Gasteiger partial charge in [0.25, 0.3) is 0 Å². The minimum Gasteiger partial charge on any atom is -0.543 e. The number of carboxylic acid groups (broad SMARTS) is 1. The maximum Gasteiger partial charge on any atom is 0.427 e. The van der Waals surface area contributed by atoms with Crippen LogP contribution < -0.4 is 8.95 Å². The Morgan fingerprint density at radius 3 is 2.17 bits per heavy atom. The normalized spacial score (nSPS) is 18.9. The second-order valence-electron chi connectivity index (χ2n) is 13.1. The molecule has 1 aliphatic rings. The first-order valence-corrected chi connectivity index (χ1v) is 21.4. The van der Waals surface area contributed by atoms with Crippen molar-refractivity contribution in [3.63, 3.8) is 0 Å². The molecule has 0 amide bonds. The number of carbonyl (C=O) groups is 2. The van der Waals surface area contributed by atoms with E-state index in [2.05, 4.69) is 53.3 Å². The molecule has 1 unspecified atom stereocenters. The smallest absolute Gasteiger partial charge is 0.427 e. The topological polar surface area (TPSA) is 102 Å². The van der Waals surface area contributed by atoms with Crippen molar-refractivity contribution in [1.82, 2.24) is 4.67 Å². The van der Waals surface area contributed by atoms with Gasteiger partial charge < -0.3 is 18.8 Å². The molecule has 260 valence electrons. The van der Waals surface area contributed by atoms with Crippen molar-refractivity contribution in [1.29, 1.82) is 0 Å². The fourth-order valence-electron chi connectivity index (χ4n) is 6.58. The Balaban J connectivity index is 3.08. The summed E-state index contributed by atoms with van der Waals surface area (Å²) in [5, 5.41) is 10.0. The molecule has 0 bridgehead atoms. The fraction of sp³-hybridized carbons (Fsp3) is 0.667. The lowest BCUT2D eigenvalue weighted by molar-refractivity contribution is -0.141. The van der Waals surface area contributed by atoms with E-state index < -0.39 is 39.6 Å². The van der Waals surface area contributed by atoms with E-state index in [0.717, 1.165) is 73.4 Å². The average Bonchev–Trinajstić information content (AvgIpc) is 2.99. The average molecular weight is 678 g/mol. The van der Waals surface area contributed by atoms with Gasteiger partial charge in [0.2, 0.25) is 8.32 Å². The van der Waals surface area contributed by atoms with Crippen LogP contribution in [0.5, 0.6) is 11.5 Å². The highest BCUT2D eigenvalue weighted by molar-refractivity contribution is 7.73. The van der Waals surface area contributed by atoms with Crippen molar-refractivity contribution in [2.45, 2.75) is 144 Å². The molecule has 2 rings (SSSR count). The van der Waals surface area contributed by atoms with Crippen LogP contribution in [0.2, 0.25) is 18.1 Å². The Kier molecular flexibility index (Phi) is 15.3. The summed E-state index contributed by atoms with van der Waals surface area (Å²) in [7, 11) is -6.82. The zero-order chi connectivity index (χ0) is 34.8. The lowest BCUT2D eigenvalue weighted by Crippen LogP contribution is -2.44. The van der Waals surface area contributed by atoms with Crippen LogP contribution in [-0.4, -0.2) is 48.5 Å². The van der Waals surface area contributed by atoms with Gasteiger partial charge in [-0.05, 0) is 109 Å². The van der Waals surface area contributed by atoms with Crippen LogP contribution in [0.25, 0.3) is 0 Å². The maximum atomic E-state index is 15.1. The monoisotopic (exact) mass is 677 g/mol. The zero-order valence-corrected chi connectivity index (χ0v) is 32.0. The SMILES string of the molecule is C=C(C)[C@@H]1CCC(C)=C[C@H]1c1c(O[Si](CC)(CC)CC)cc(CCCCC)cc1OP(=O)(C(=O)OCC)N(C(C)C)[C@@H](C)C(=O)O. The Labute approximate surface area is 279 Å². The summed E-state index contributed by atoms with van der Waals surface area (Å²) in [4.78, 5) is 26.0. The Morgan fingerprint density at radius 1 is 1.07 bits per heavy atom. The van der Waals surface area contributed by atoms with Crippen molar-refractivity contribution in [2.24, 2.45) is 5.92 Å². The van der Waals surface area contributed by atoms with E-state index in [1.807, 2.05) is 13.0 Å². The number of hydrogen-bond donors (Lipinski definition) is 1. The van der Waals surface area contributed by atoms with Crippen LogP contribution in [0.4, 0.5) is 4.79 Å². The molecule has 0 radical (unpaired) electrons. The third-order valence-corrected chi connectivity index (χ3v) is 16.5. The highest BCUT2D eigenvalue weighted by Gasteiger charge is 2.50. The highest BCUT2D eigenvalue weighted by Crippen LogP contribution is 2.58. The summed E-state index contributed by atoms with van der Waals surface area (Å²) in [5.74, 6) is -0.338. The Morgan fingerprint density at radius 2 is 1.67 bits per heavy atom. The van der Waals surface area contributed by atoms with Gasteiger partial charge in [-0.2, -0.15) is 4.67 Å². The first-order chi connectivity index (χ1) is 21.6. The number of nitrogens with zero attached hydrogens (tertiary/aromatic N) is 1. The molecule has 10 heteroatoms. The van der Waals surface area contributed by atoms with E-state index in [1.54, 1.807) is 20.8 Å². The number of aryl methyl sites for hydroxylation is 1. The molecule has 8 nitrogen and oxygen atoms in total. The van der Waals surface area contributed by atoms with E-state index in [9.17, 15) is 14.7 Å². The number of carbonyl (C=O) groups excluding carboxylic acids is 1. The van der Waals surface area contributed by atoms with E-state index in [-0.39, 0.29) is 24.2 Å². The van der Waals surface area contributed by atoms with Crippen LogP contribution in [0.3, 0.4) is 0 Å². The lowest BCUT2D eigenvalue weighted by Gasteiger charge is -2.38. The van der Waals surface area contributed by atoms with Crippen molar-refractivity contribution < 1.29 is 32.9 Å². The van der Waals surface area contributed by atoms with Gasteiger partial charge in [-0.3, -0.25) is 4.79 Å². The molecule has 0 aliphatic heterocycles. The summed E-state index contributed by atoms with van der Waals surface area (Å²) < 4.78 is 35.4. The quantitative estimate of drug-likeness (QED) is 0.0668. The zero-order valence-electron chi connectivity index (χ0n) is 30.1. The van der Waals surface area contributed by atoms with Gasteiger partial charge in [0, 0.05) is 17.5 Å². The predicted octanol–water partition coefficient (Wildman–Crippen LogP) is 10.7. The molecule has 0 aromatic heterocycles. The number of ether oxygens (including phenoxy) is 1. The van der Waals surface area contributed by atoms with Gasteiger partial charge >= 0.3 is 19.2 Å². The summed E-state index contributed by atoms with van der Waals surface area (Å²) in [6, 6.07) is 4.93. The standard InChI is InChI=1S/C36H60NO7PSi/c1-12-17-18-19-29-23-32(43-45(41,36(40)42-13-2)37(26(8)9)28(11)35(38)39)34(31-22-27(10)20-21-30(31)25(6)7)33(24-29)44-46(14-3,15-4)16-5/h22-24,26,28,30-31H,6,12-21H2,1-5,7-11H3,(H,38,39)/t28-,30-,31+,45?/m0/s1. The number of benzene rings is 1. The van der Waals surface area contributed by atoms with Gasteiger partial charge in [0.1, 0.15) is 17.5 Å². The van der Waals surface area contributed by atoms with Gasteiger partial charge in [-0.15, -0.1) is 0 Å². The minimum absolute atomic E-state index is 0.0300. The van der Waals surface area contributed by atoms with Crippen LogP contribution in [-0.2, 0) is 20.5 Å². The first kappa shape index (κ1) is 39.8. The fourth-order valence-corrected chi connectivity index (χ4v) is 11.4. The predicted molar refractivity (Wildman–Crippen MR) is 191 cm³/mol. The number of rotatable bonds is 19. The number of aliphatic carboxylic acids is 1. The number of hydrogen-bond acceptors (Lipinski definition) is 6. The molecule has 1 N–H and O–H groups in total. The summed E-state index contributed by atoms with van der Waals surface area (Å²) in [6.07, 6.45) is 7.87.